The maximum absolute atomic E-state index is 13.6. The van der Waals surface area contributed by atoms with E-state index in [0.717, 1.165) is 32.1 Å². The monoisotopic (exact) mass is 899 g/mol. The molecule has 0 radical (unpaired) electrons. The number of nitrogens with one attached hydrogen (secondary N) is 1. The highest BCUT2D eigenvalue weighted by molar-refractivity contribution is 5.95. The molecule has 0 amide bonds. The summed E-state index contributed by atoms with van der Waals surface area (Å²) in [5.41, 5.74) is 8.36. The third kappa shape index (κ3) is 12.0. The minimum atomic E-state index is -1.25. The van der Waals surface area contributed by atoms with Crippen molar-refractivity contribution < 1.29 is 57.5 Å². The van der Waals surface area contributed by atoms with Crippen molar-refractivity contribution in [2.75, 3.05) is 71.3 Å². The molecule has 1 aromatic heterocycles. The van der Waals surface area contributed by atoms with Crippen LogP contribution in [0.2, 0.25) is 0 Å². The maximum atomic E-state index is 13.6. The summed E-state index contributed by atoms with van der Waals surface area (Å²) in [4.78, 5) is 51.6. The summed E-state index contributed by atoms with van der Waals surface area (Å²) in [6.07, 6.45) is 9.61. The lowest BCUT2D eigenvalue weighted by molar-refractivity contribution is -0.383. The smallest absolute Gasteiger partial charge is 0.329 e. The van der Waals surface area contributed by atoms with Crippen LogP contribution in [0.5, 0.6) is 0 Å². The van der Waals surface area contributed by atoms with Crippen molar-refractivity contribution in [3.8, 4) is 0 Å². The summed E-state index contributed by atoms with van der Waals surface area (Å²) in [5, 5.41) is 34.8. The predicted molar refractivity (Wildman–Crippen MR) is 230 cm³/mol. The van der Waals surface area contributed by atoms with Crippen LogP contribution in [0.4, 0.5) is 11.4 Å². The highest BCUT2D eigenvalue weighted by atomic mass is 16.6. The van der Waals surface area contributed by atoms with Crippen molar-refractivity contribution in [1.82, 2.24) is 10.3 Å². The number of esters is 2. The van der Waals surface area contributed by atoms with Crippen molar-refractivity contribution in [2.24, 2.45) is 51.5 Å². The first kappa shape index (κ1) is 48.8. The number of nitro benzene ring substituents is 1. The fourth-order valence-electron chi connectivity index (χ4n) is 12.0. The van der Waals surface area contributed by atoms with Gasteiger partial charge in [-0.15, -0.1) is 0 Å². The molecule has 1 aromatic carbocycles. The molecule has 0 unspecified atom stereocenters. The van der Waals surface area contributed by atoms with E-state index >= 15 is 0 Å². The number of nitro groups is 1. The molecule has 1 heterocycles. The Bertz CT molecular complexity index is 1950. The number of non-ortho nitro benzene ring substituents is 1. The zero-order valence-electron chi connectivity index (χ0n) is 37.4. The fraction of sp³-hybridized carbons (Fsp3) is 0.795. The minimum absolute atomic E-state index is 0.0205. The van der Waals surface area contributed by atoms with E-state index in [0.29, 0.717) is 108 Å². The number of nitrogens with zero attached hydrogens (tertiary/aromatic N) is 6. The molecule has 0 saturated heterocycles. The molecule has 2 aromatic rings. The number of carboxylic acid groups (broad SMARTS) is 1. The summed E-state index contributed by atoms with van der Waals surface area (Å²) >= 11 is 0. The number of carbonyl (C=O) groups is 3. The number of carbonyl (C=O) groups excluding carboxylic acids is 2. The predicted octanol–water partition coefficient (Wildman–Crippen LogP) is 7.29. The van der Waals surface area contributed by atoms with Crippen molar-refractivity contribution in [3.05, 3.63) is 32.7 Å². The largest absolute Gasteiger partial charge is 0.481 e. The van der Waals surface area contributed by atoms with E-state index in [1.165, 1.54) is 37.8 Å². The highest BCUT2D eigenvalue weighted by Crippen LogP contribution is 2.68. The standard InChI is InChI=1S/C44H65N7O13/c1-28(4-11-39(54)62-25-24-61-23-22-60-21-20-59-19-18-58-17-16-46-50-45)32-7-8-33-31-6-5-29-26-30(12-14-43(29,2)34(31)13-15-44(32,33)3)63-42(55)36(27-38(52)53)47-35-9-10-37(51(56)57)41-40(35)48-64-49-41/h9-10,28-34,36,47H,4-8,11-27H2,1-3H3,(H,52,53)/t28-,29-,30-,31+,32-,33+,34+,36+,43+,44-/m1/s1. The molecule has 2 N–H and O–H groups in total. The van der Waals surface area contributed by atoms with Gasteiger partial charge in [-0.25, -0.2) is 9.42 Å². The number of ether oxygens (including phenoxy) is 6. The maximum Gasteiger partial charge on any atom is 0.329 e. The number of azide groups is 1. The molecule has 0 aliphatic heterocycles. The van der Waals surface area contributed by atoms with E-state index in [1.807, 2.05) is 0 Å². The van der Waals surface area contributed by atoms with E-state index in [-0.39, 0.29) is 51.9 Å². The van der Waals surface area contributed by atoms with Crippen LogP contribution in [0, 0.1) is 56.5 Å². The van der Waals surface area contributed by atoms with Gasteiger partial charge in [0, 0.05) is 23.9 Å². The first-order valence-corrected chi connectivity index (χ1v) is 22.9. The molecule has 20 nitrogen and oxygen atoms in total. The first-order chi connectivity index (χ1) is 30.9. The first-order valence-electron chi connectivity index (χ1n) is 22.9. The quantitative estimate of drug-likeness (QED) is 0.0178. The van der Waals surface area contributed by atoms with Crippen LogP contribution < -0.4 is 5.32 Å². The minimum Gasteiger partial charge on any atom is -0.481 e. The molecule has 354 valence electrons. The number of aromatic nitrogens is 2. The van der Waals surface area contributed by atoms with E-state index in [1.54, 1.807) is 0 Å². The Morgan fingerprint density at radius 3 is 2.27 bits per heavy atom. The molecule has 0 spiro atoms. The normalized spacial score (nSPS) is 28.2. The lowest BCUT2D eigenvalue weighted by Gasteiger charge is -2.61. The van der Waals surface area contributed by atoms with Gasteiger partial charge in [-0.1, -0.05) is 25.9 Å². The van der Waals surface area contributed by atoms with Gasteiger partial charge in [0.05, 0.1) is 69.9 Å². The van der Waals surface area contributed by atoms with Gasteiger partial charge in [-0.05, 0) is 132 Å². The molecule has 4 aliphatic carbocycles. The Labute approximate surface area is 372 Å². The summed E-state index contributed by atoms with van der Waals surface area (Å²) in [5.74, 6) is 1.14. The molecule has 10 atom stereocenters. The van der Waals surface area contributed by atoms with Gasteiger partial charge in [0.15, 0.2) is 5.52 Å². The van der Waals surface area contributed by atoms with Gasteiger partial charge in [0.25, 0.3) is 0 Å². The van der Waals surface area contributed by atoms with Gasteiger partial charge in [-0.3, -0.25) is 19.7 Å². The Morgan fingerprint density at radius 2 is 1.58 bits per heavy atom. The molecular formula is C44H65N7O13. The Morgan fingerprint density at radius 1 is 0.922 bits per heavy atom. The van der Waals surface area contributed by atoms with Gasteiger partial charge in [0.1, 0.15) is 18.8 Å². The third-order valence-corrected chi connectivity index (χ3v) is 15.1. The van der Waals surface area contributed by atoms with Crippen LogP contribution in [-0.4, -0.2) is 116 Å². The number of hydrogen-bond acceptors (Lipinski definition) is 16. The summed E-state index contributed by atoms with van der Waals surface area (Å²) in [6, 6.07) is 1.31. The number of hydrogen-bond donors (Lipinski definition) is 2. The molecule has 20 heteroatoms. The zero-order valence-corrected chi connectivity index (χ0v) is 37.4. The second-order valence-corrected chi connectivity index (χ2v) is 18.5. The van der Waals surface area contributed by atoms with E-state index < -0.39 is 29.3 Å². The van der Waals surface area contributed by atoms with Gasteiger partial charge in [-0.2, -0.15) is 0 Å². The molecule has 4 fully saturated rings. The number of rotatable bonds is 26. The number of carboxylic acids is 1. The summed E-state index contributed by atoms with van der Waals surface area (Å²) in [7, 11) is 0. The van der Waals surface area contributed by atoms with Crippen molar-refractivity contribution in [2.45, 2.75) is 110 Å². The number of anilines is 1. The topological polar surface area (TPSA) is 270 Å². The molecular weight excluding hydrogens is 835 g/mol. The summed E-state index contributed by atoms with van der Waals surface area (Å²) in [6.45, 7) is 11.0. The van der Waals surface area contributed by atoms with Crippen molar-refractivity contribution >= 4 is 40.3 Å². The lowest BCUT2D eigenvalue weighted by atomic mass is 9.44. The van der Waals surface area contributed by atoms with Crippen LogP contribution in [-0.2, 0) is 42.8 Å². The van der Waals surface area contributed by atoms with E-state index in [2.05, 4.69) is 46.4 Å². The van der Waals surface area contributed by atoms with E-state index in [9.17, 15) is 29.6 Å². The second kappa shape index (κ2) is 23.0. The average Bonchev–Trinajstić information content (AvgIpc) is 3.90. The lowest BCUT2D eigenvalue weighted by Crippen LogP contribution is -2.54. The molecule has 6 rings (SSSR count). The molecule has 4 saturated carbocycles. The Hall–Kier alpha value is -4.62. The number of benzene rings is 1. The molecule has 64 heavy (non-hydrogen) atoms. The van der Waals surface area contributed by atoms with Crippen LogP contribution in [0.15, 0.2) is 21.9 Å². The Kier molecular flexibility index (Phi) is 17.6. The Balaban J connectivity index is 0.896. The van der Waals surface area contributed by atoms with Gasteiger partial charge >= 0.3 is 23.6 Å². The third-order valence-electron chi connectivity index (χ3n) is 15.1. The van der Waals surface area contributed by atoms with Crippen LogP contribution >= 0.6 is 0 Å². The van der Waals surface area contributed by atoms with Gasteiger partial charge in [0.2, 0.25) is 5.52 Å². The van der Waals surface area contributed by atoms with Crippen molar-refractivity contribution in [1.29, 1.82) is 0 Å². The van der Waals surface area contributed by atoms with Crippen LogP contribution in [0.1, 0.15) is 97.8 Å². The molecule has 4 aliphatic rings. The van der Waals surface area contributed by atoms with Crippen LogP contribution in [0.25, 0.3) is 21.5 Å². The number of fused-ring (bicyclic) bond motifs is 6. The van der Waals surface area contributed by atoms with Crippen LogP contribution in [0.3, 0.4) is 0 Å². The second-order valence-electron chi connectivity index (χ2n) is 18.5. The zero-order chi connectivity index (χ0) is 45.7. The fourth-order valence-corrected chi connectivity index (χ4v) is 12.0. The molecule has 0 bridgehead atoms. The van der Waals surface area contributed by atoms with Crippen molar-refractivity contribution in [3.63, 3.8) is 0 Å². The van der Waals surface area contributed by atoms with E-state index in [4.69, 9.17) is 38.6 Å². The van der Waals surface area contributed by atoms with Gasteiger partial charge < -0.3 is 38.8 Å². The SMILES string of the molecule is C[C@H](CCC(=O)OCCOCCOCCOCCOCCN=[N+]=[N-])[C@H]1CC[C@H]2[C@@H]3CC[C@@H]4C[C@H](OC(=O)[C@H](CC(=O)O)Nc5ccc([N+](=O)[O-])c6nonc56)CC[C@]4(C)[C@H]3CC[C@]12C. The highest BCUT2D eigenvalue weighted by Gasteiger charge is 2.61. The average molecular weight is 900 g/mol. The number of aliphatic carboxylic acids is 1. The summed E-state index contributed by atoms with van der Waals surface area (Å²) < 4.78 is 38.0.